The molecule has 1 amide bonds. The zero-order valence-electron chi connectivity index (χ0n) is 9.65. The van der Waals surface area contributed by atoms with Crippen molar-refractivity contribution >= 4 is 11.9 Å². The molecule has 17 heavy (non-hydrogen) atoms. The van der Waals surface area contributed by atoms with Crippen molar-refractivity contribution in [2.45, 2.75) is 19.4 Å². The van der Waals surface area contributed by atoms with E-state index in [0.29, 0.717) is 5.56 Å². The van der Waals surface area contributed by atoms with Crippen molar-refractivity contribution in [1.82, 2.24) is 5.32 Å². The first-order chi connectivity index (χ1) is 7.85. The van der Waals surface area contributed by atoms with Crippen LogP contribution in [0.3, 0.4) is 0 Å². The molecule has 2 N–H and O–H groups in total. The second kappa shape index (κ2) is 4.71. The molecule has 4 heteroatoms. The lowest BCUT2D eigenvalue weighted by Crippen LogP contribution is -2.42. The lowest BCUT2D eigenvalue weighted by molar-refractivity contribution is 0.0696. The summed E-state index contributed by atoms with van der Waals surface area (Å²) in [6.45, 7) is 3.41. The number of rotatable bonds is 3. The molecule has 0 aliphatic rings. The third-order valence-corrected chi connectivity index (χ3v) is 2.18. The first-order valence-corrected chi connectivity index (χ1v) is 4.99. The number of amides is 1. The summed E-state index contributed by atoms with van der Waals surface area (Å²) in [5.74, 6) is 1.09. The molecule has 0 bridgehead atoms. The van der Waals surface area contributed by atoms with Gasteiger partial charge in [-0.3, -0.25) is 4.79 Å². The molecule has 0 radical (unpaired) electrons. The molecule has 0 aliphatic heterocycles. The van der Waals surface area contributed by atoms with Gasteiger partial charge in [-0.2, -0.15) is 0 Å². The number of hydrogen-bond acceptors (Lipinski definition) is 2. The average molecular weight is 231 g/mol. The lowest BCUT2D eigenvalue weighted by Gasteiger charge is -2.19. The highest BCUT2D eigenvalue weighted by molar-refractivity contribution is 5.96. The van der Waals surface area contributed by atoms with Crippen molar-refractivity contribution in [2.24, 2.45) is 0 Å². The van der Waals surface area contributed by atoms with Crippen LogP contribution >= 0.6 is 0 Å². The zero-order valence-corrected chi connectivity index (χ0v) is 9.65. The quantitative estimate of drug-likeness (QED) is 0.775. The summed E-state index contributed by atoms with van der Waals surface area (Å²) in [6.07, 6.45) is 5.25. The van der Waals surface area contributed by atoms with E-state index >= 15 is 0 Å². The van der Waals surface area contributed by atoms with E-state index in [4.69, 9.17) is 11.5 Å². The molecule has 0 spiro atoms. The summed E-state index contributed by atoms with van der Waals surface area (Å²) >= 11 is 0. The van der Waals surface area contributed by atoms with E-state index in [1.54, 1.807) is 13.8 Å². The van der Waals surface area contributed by atoms with Crippen LogP contribution in [0, 0.1) is 12.3 Å². The Labute approximate surface area is 99.7 Å². The monoisotopic (exact) mass is 231 g/mol. The Bertz CT molecular complexity index is 480. The summed E-state index contributed by atoms with van der Waals surface area (Å²) in [6, 6.07) is 5.65. The molecule has 0 saturated heterocycles. The fourth-order valence-electron chi connectivity index (χ4n) is 1.16. The highest BCUT2D eigenvalue weighted by Crippen LogP contribution is 2.07. The largest absolute Gasteiger partial charge is 0.478 e. The average Bonchev–Trinajstić information content (AvgIpc) is 2.28. The van der Waals surface area contributed by atoms with E-state index in [-0.39, 0.29) is 11.5 Å². The van der Waals surface area contributed by atoms with Crippen LogP contribution in [0.1, 0.15) is 34.6 Å². The Morgan fingerprint density at radius 1 is 1.24 bits per heavy atom. The Balaban J connectivity index is 2.85. The number of terminal acetylenes is 1. The summed E-state index contributed by atoms with van der Waals surface area (Å²) in [5, 5.41) is 11.4. The molecular formula is C13H13NO3. The van der Waals surface area contributed by atoms with Gasteiger partial charge in [-0.25, -0.2) is 4.79 Å². The van der Waals surface area contributed by atoms with Crippen molar-refractivity contribution in [3.63, 3.8) is 0 Å². The molecule has 1 aromatic rings. The van der Waals surface area contributed by atoms with Gasteiger partial charge in [0.25, 0.3) is 5.91 Å². The fraction of sp³-hybridized carbons (Fsp3) is 0.231. The first-order valence-electron chi connectivity index (χ1n) is 4.99. The van der Waals surface area contributed by atoms with Gasteiger partial charge in [-0.05, 0) is 38.1 Å². The van der Waals surface area contributed by atoms with Gasteiger partial charge >= 0.3 is 5.97 Å². The Morgan fingerprint density at radius 2 is 1.71 bits per heavy atom. The molecule has 4 nitrogen and oxygen atoms in total. The van der Waals surface area contributed by atoms with Gasteiger partial charge < -0.3 is 10.4 Å². The Kier molecular flexibility index (Phi) is 3.54. The summed E-state index contributed by atoms with van der Waals surface area (Å²) < 4.78 is 0. The van der Waals surface area contributed by atoms with E-state index in [1.165, 1.54) is 24.3 Å². The van der Waals surface area contributed by atoms with E-state index in [0.717, 1.165) is 0 Å². The maximum Gasteiger partial charge on any atom is 0.335 e. The van der Waals surface area contributed by atoms with Crippen LogP contribution in [-0.2, 0) is 0 Å². The molecule has 0 heterocycles. The summed E-state index contributed by atoms with van der Waals surface area (Å²) in [5.41, 5.74) is -0.223. The molecule has 1 aromatic carbocycles. The smallest absolute Gasteiger partial charge is 0.335 e. The second-order valence-electron chi connectivity index (χ2n) is 4.11. The van der Waals surface area contributed by atoms with Gasteiger partial charge in [-0.15, -0.1) is 6.42 Å². The minimum Gasteiger partial charge on any atom is -0.478 e. The molecule has 0 aliphatic carbocycles. The van der Waals surface area contributed by atoms with Gasteiger partial charge in [0.2, 0.25) is 0 Å². The number of carboxylic acids is 1. The van der Waals surface area contributed by atoms with E-state index in [9.17, 15) is 9.59 Å². The van der Waals surface area contributed by atoms with Crippen molar-refractivity contribution in [2.75, 3.05) is 0 Å². The van der Waals surface area contributed by atoms with Crippen LogP contribution in [0.25, 0.3) is 0 Å². The molecule has 0 atom stereocenters. The summed E-state index contributed by atoms with van der Waals surface area (Å²) in [7, 11) is 0. The van der Waals surface area contributed by atoms with Crippen molar-refractivity contribution < 1.29 is 14.7 Å². The van der Waals surface area contributed by atoms with Gasteiger partial charge in [-0.1, -0.05) is 5.92 Å². The normalized spacial score (nSPS) is 10.4. The molecule has 0 fully saturated rings. The lowest BCUT2D eigenvalue weighted by atomic mass is 10.1. The van der Waals surface area contributed by atoms with E-state index in [1.807, 2.05) is 0 Å². The fourth-order valence-corrected chi connectivity index (χ4v) is 1.16. The number of nitrogens with one attached hydrogen (secondary N) is 1. The van der Waals surface area contributed by atoms with Crippen LogP contribution in [0.5, 0.6) is 0 Å². The number of benzene rings is 1. The minimum absolute atomic E-state index is 0.137. The van der Waals surface area contributed by atoms with E-state index < -0.39 is 11.5 Å². The van der Waals surface area contributed by atoms with Crippen molar-refractivity contribution in [3.8, 4) is 12.3 Å². The number of carboxylic acid groups (broad SMARTS) is 1. The standard InChI is InChI=1S/C13H13NO3/c1-4-13(2,3)14-11(15)9-5-7-10(8-6-9)12(16)17/h1,5-8H,2-3H3,(H,14,15)(H,16,17). The number of carbonyl (C=O) groups excluding carboxylic acids is 1. The highest BCUT2D eigenvalue weighted by Gasteiger charge is 2.18. The Morgan fingerprint density at radius 3 is 2.12 bits per heavy atom. The van der Waals surface area contributed by atoms with Gasteiger partial charge in [0, 0.05) is 5.56 Å². The first kappa shape index (κ1) is 12.8. The van der Waals surface area contributed by atoms with Crippen LogP contribution in [0.15, 0.2) is 24.3 Å². The van der Waals surface area contributed by atoms with Gasteiger partial charge in [0.1, 0.15) is 0 Å². The second-order valence-corrected chi connectivity index (χ2v) is 4.11. The third-order valence-electron chi connectivity index (χ3n) is 2.18. The van der Waals surface area contributed by atoms with Crippen molar-refractivity contribution in [1.29, 1.82) is 0 Å². The Hall–Kier alpha value is -2.28. The molecule has 88 valence electrons. The predicted octanol–water partition coefficient (Wildman–Crippen LogP) is 1.53. The molecular weight excluding hydrogens is 218 g/mol. The topological polar surface area (TPSA) is 66.4 Å². The van der Waals surface area contributed by atoms with Gasteiger partial charge in [0.15, 0.2) is 0 Å². The minimum atomic E-state index is -1.03. The van der Waals surface area contributed by atoms with Crippen LogP contribution in [0.4, 0.5) is 0 Å². The zero-order chi connectivity index (χ0) is 13.1. The molecule has 0 unspecified atom stereocenters. The molecule has 0 aromatic heterocycles. The molecule has 0 saturated carbocycles. The van der Waals surface area contributed by atoms with Crippen LogP contribution in [-0.4, -0.2) is 22.5 Å². The van der Waals surface area contributed by atoms with Crippen LogP contribution < -0.4 is 5.32 Å². The van der Waals surface area contributed by atoms with E-state index in [2.05, 4.69) is 11.2 Å². The number of aromatic carboxylic acids is 1. The highest BCUT2D eigenvalue weighted by atomic mass is 16.4. The maximum absolute atomic E-state index is 11.7. The van der Waals surface area contributed by atoms with Crippen molar-refractivity contribution in [3.05, 3.63) is 35.4 Å². The number of carbonyl (C=O) groups is 2. The maximum atomic E-state index is 11.7. The third kappa shape index (κ3) is 3.35. The van der Waals surface area contributed by atoms with Crippen LogP contribution in [0.2, 0.25) is 0 Å². The molecule has 1 rings (SSSR count). The predicted molar refractivity (Wildman–Crippen MR) is 63.8 cm³/mol. The van der Waals surface area contributed by atoms with Gasteiger partial charge in [0.05, 0.1) is 11.1 Å². The SMILES string of the molecule is C#CC(C)(C)NC(=O)c1ccc(C(=O)O)cc1. The summed E-state index contributed by atoms with van der Waals surface area (Å²) in [4.78, 5) is 22.4. The number of hydrogen-bond donors (Lipinski definition) is 2.